The maximum absolute atomic E-state index is 12.5. The van der Waals surface area contributed by atoms with Gasteiger partial charge in [-0.05, 0) is 41.8 Å². The van der Waals surface area contributed by atoms with E-state index in [1.165, 1.54) is 0 Å². The van der Waals surface area contributed by atoms with Crippen LogP contribution in [0.2, 0.25) is 5.02 Å². The van der Waals surface area contributed by atoms with Gasteiger partial charge in [-0.2, -0.15) is 0 Å². The van der Waals surface area contributed by atoms with Crippen molar-refractivity contribution in [2.24, 2.45) is 0 Å². The van der Waals surface area contributed by atoms with Crippen LogP contribution in [0.5, 0.6) is 0 Å². The zero-order valence-electron chi connectivity index (χ0n) is 13.0. The molecule has 0 radical (unpaired) electrons. The Morgan fingerprint density at radius 3 is 2.21 bits per heavy atom. The lowest BCUT2D eigenvalue weighted by Gasteiger charge is -2.12. The van der Waals surface area contributed by atoms with Crippen molar-refractivity contribution in [1.29, 1.82) is 0 Å². The molecule has 0 spiro atoms. The third kappa shape index (κ3) is 3.09. The highest BCUT2D eigenvalue weighted by atomic mass is 35.5. The summed E-state index contributed by atoms with van der Waals surface area (Å²) in [6, 6.07) is 17.6. The van der Waals surface area contributed by atoms with Gasteiger partial charge >= 0.3 is 0 Å². The highest BCUT2D eigenvalue weighted by Crippen LogP contribution is 2.27. The summed E-state index contributed by atoms with van der Waals surface area (Å²) < 4.78 is 0. The molecular formula is C19H15ClN2O2. The molecule has 3 aromatic carbocycles. The van der Waals surface area contributed by atoms with Crippen molar-refractivity contribution in [3.05, 3.63) is 76.8 Å². The van der Waals surface area contributed by atoms with E-state index in [0.717, 1.165) is 5.39 Å². The molecule has 2 amide bonds. The number of rotatable bonds is 3. The number of halogens is 1. The molecule has 3 aromatic rings. The number of anilines is 1. The normalized spacial score (nSPS) is 10.4. The van der Waals surface area contributed by atoms with Crippen molar-refractivity contribution in [3.8, 4) is 0 Å². The second kappa shape index (κ2) is 6.72. The number of benzene rings is 3. The van der Waals surface area contributed by atoms with Gasteiger partial charge in [0.2, 0.25) is 0 Å². The molecule has 0 aliphatic carbocycles. The minimum Gasteiger partial charge on any atom is -0.355 e. The van der Waals surface area contributed by atoms with E-state index in [0.29, 0.717) is 27.2 Å². The first-order valence-electron chi connectivity index (χ1n) is 7.41. The molecule has 0 saturated heterocycles. The third-order valence-electron chi connectivity index (χ3n) is 3.73. The van der Waals surface area contributed by atoms with Crippen LogP contribution in [0.15, 0.2) is 60.7 Å². The van der Waals surface area contributed by atoms with Crippen LogP contribution in [0.4, 0.5) is 5.69 Å². The molecule has 0 aliphatic heterocycles. The molecular weight excluding hydrogens is 324 g/mol. The van der Waals surface area contributed by atoms with Crippen molar-refractivity contribution in [2.75, 3.05) is 12.4 Å². The van der Waals surface area contributed by atoms with E-state index in [4.69, 9.17) is 11.6 Å². The Labute approximate surface area is 144 Å². The van der Waals surface area contributed by atoms with Crippen LogP contribution in [-0.4, -0.2) is 18.9 Å². The average molecular weight is 339 g/mol. The molecule has 0 unspecified atom stereocenters. The maximum Gasteiger partial charge on any atom is 0.255 e. The predicted molar refractivity (Wildman–Crippen MR) is 96.7 cm³/mol. The van der Waals surface area contributed by atoms with E-state index in [-0.39, 0.29) is 11.8 Å². The number of nitrogens with one attached hydrogen (secondary N) is 2. The summed E-state index contributed by atoms with van der Waals surface area (Å²) in [5, 5.41) is 7.66. The lowest BCUT2D eigenvalue weighted by molar-refractivity contribution is 0.0963. The summed E-state index contributed by atoms with van der Waals surface area (Å²) in [5.41, 5.74) is 1.60. The Kier molecular flexibility index (Phi) is 4.49. The van der Waals surface area contributed by atoms with Crippen molar-refractivity contribution >= 4 is 39.9 Å². The molecule has 0 aliphatic rings. The van der Waals surface area contributed by atoms with Crippen LogP contribution in [0.3, 0.4) is 0 Å². The second-order valence-corrected chi connectivity index (χ2v) is 5.69. The zero-order valence-corrected chi connectivity index (χ0v) is 13.7. The minimum atomic E-state index is -0.258. The second-order valence-electron chi connectivity index (χ2n) is 5.25. The number of fused-ring (bicyclic) bond motifs is 1. The average Bonchev–Trinajstić information content (AvgIpc) is 2.61. The van der Waals surface area contributed by atoms with Gasteiger partial charge in [-0.25, -0.2) is 0 Å². The van der Waals surface area contributed by atoms with Gasteiger partial charge in [0.25, 0.3) is 11.8 Å². The largest absolute Gasteiger partial charge is 0.355 e. The standard InChI is InChI=1S/C19H15ClN2O2/c1-21-19(24)15-6-2-4-12-5-3-7-16(17(12)15)22-18(23)13-8-10-14(20)11-9-13/h2-11H,1H3,(H,21,24)(H,22,23). The van der Waals surface area contributed by atoms with Crippen molar-refractivity contribution in [1.82, 2.24) is 5.32 Å². The number of carbonyl (C=O) groups is 2. The number of hydrogen-bond donors (Lipinski definition) is 2. The summed E-state index contributed by atoms with van der Waals surface area (Å²) in [5.74, 6) is -0.459. The molecule has 3 rings (SSSR count). The van der Waals surface area contributed by atoms with Crippen LogP contribution in [0.25, 0.3) is 10.8 Å². The predicted octanol–water partition coefficient (Wildman–Crippen LogP) is 4.11. The van der Waals surface area contributed by atoms with Gasteiger partial charge in [0.05, 0.1) is 0 Å². The molecule has 4 nitrogen and oxygen atoms in total. The molecule has 0 saturated carbocycles. The molecule has 24 heavy (non-hydrogen) atoms. The summed E-state index contributed by atoms with van der Waals surface area (Å²) >= 11 is 5.85. The summed E-state index contributed by atoms with van der Waals surface area (Å²) in [7, 11) is 1.58. The highest BCUT2D eigenvalue weighted by molar-refractivity contribution is 6.30. The third-order valence-corrected chi connectivity index (χ3v) is 3.98. The molecule has 5 heteroatoms. The quantitative estimate of drug-likeness (QED) is 0.755. The van der Waals surface area contributed by atoms with Gasteiger partial charge < -0.3 is 10.6 Å². The Balaban J connectivity index is 2.04. The zero-order chi connectivity index (χ0) is 17.1. The fourth-order valence-corrected chi connectivity index (χ4v) is 2.69. The van der Waals surface area contributed by atoms with Gasteiger partial charge in [0.15, 0.2) is 0 Å². The summed E-state index contributed by atoms with van der Waals surface area (Å²) in [6.07, 6.45) is 0. The molecule has 2 N–H and O–H groups in total. The van der Waals surface area contributed by atoms with E-state index in [1.807, 2.05) is 24.3 Å². The van der Waals surface area contributed by atoms with Crippen LogP contribution in [0, 0.1) is 0 Å². The molecule has 120 valence electrons. The van der Waals surface area contributed by atoms with E-state index in [1.54, 1.807) is 43.4 Å². The lowest BCUT2D eigenvalue weighted by Crippen LogP contribution is -2.19. The first-order chi connectivity index (χ1) is 11.6. The van der Waals surface area contributed by atoms with Crippen molar-refractivity contribution < 1.29 is 9.59 Å². The molecule has 0 aromatic heterocycles. The first kappa shape index (κ1) is 16.0. The summed E-state index contributed by atoms with van der Waals surface area (Å²) in [4.78, 5) is 24.6. The Hall–Kier alpha value is -2.85. The molecule has 0 bridgehead atoms. The van der Waals surface area contributed by atoms with E-state index in [2.05, 4.69) is 10.6 Å². The van der Waals surface area contributed by atoms with Gasteiger partial charge in [0, 0.05) is 34.3 Å². The van der Waals surface area contributed by atoms with Crippen LogP contribution >= 0.6 is 11.6 Å². The Morgan fingerprint density at radius 2 is 1.54 bits per heavy atom. The topological polar surface area (TPSA) is 58.2 Å². The highest BCUT2D eigenvalue weighted by Gasteiger charge is 2.14. The Morgan fingerprint density at radius 1 is 0.875 bits per heavy atom. The fourth-order valence-electron chi connectivity index (χ4n) is 2.56. The number of hydrogen-bond acceptors (Lipinski definition) is 2. The van der Waals surface area contributed by atoms with Crippen LogP contribution in [-0.2, 0) is 0 Å². The van der Waals surface area contributed by atoms with E-state index in [9.17, 15) is 9.59 Å². The van der Waals surface area contributed by atoms with Gasteiger partial charge in [-0.3, -0.25) is 9.59 Å². The van der Waals surface area contributed by atoms with E-state index < -0.39 is 0 Å². The summed E-state index contributed by atoms with van der Waals surface area (Å²) in [6.45, 7) is 0. The van der Waals surface area contributed by atoms with Crippen molar-refractivity contribution in [3.63, 3.8) is 0 Å². The first-order valence-corrected chi connectivity index (χ1v) is 7.78. The fraction of sp³-hybridized carbons (Fsp3) is 0.0526. The van der Waals surface area contributed by atoms with Gasteiger partial charge in [0.1, 0.15) is 0 Å². The van der Waals surface area contributed by atoms with Crippen LogP contribution < -0.4 is 10.6 Å². The van der Waals surface area contributed by atoms with E-state index >= 15 is 0 Å². The Bertz CT molecular complexity index is 915. The SMILES string of the molecule is CNC(=O)c1cccc2cccc(NC(=O)c3ccc(Cl)cc3)c12. The number of amides is 2. The van der Waals surface area contributed by atoms with Gasteiger partial charge in [-0.1, -0.05) is 35.9 Å². The van der Waals surface area contributed by atoms with Crippen molar-refractivity contribution in [2.45, 2.75) is 0 Å². The van der Waals surface area contributed by atoms with Gasteiger partial charge in [-0.15, -0.1) is 0 Å². The molecule has 0 fully saturated rings. The number of carbonyl (C=O) groups excluding carboxylic acids is 2. The molecule has 0 atom stereocenters. The smallest absolute Gasteiger partial charge is 0.255 e. The lowest BCUT2D eigenvalue weighted by atomic mass is 10.0. The monoisotopic (exact) mass is 338 g/mol. The van der Waals surface area contributed by atoms with Crippen LogP contribution in [0.1, 0.15) is 20.7 Å². The minimum absolute atomic E-state index is 0.200. The molecule has 0 heterocycles. The maximum atomic E-state index is 12.5.